The second-order valence-corrected chi connectivity index (χ2v) is 4.71. The molecule has 0 amide bonds. The van der Waals surface area contributed by atoms with E-state index in [0.717, 1.165) is 6.42 Å². The summed E-state index contributed by atoms with van der Waals surface area (Å²) in [4.78, 5) is 11.9. The van der Waals surface area contributed by atoms with Gasteiger partial charge in [-0.2, -0.15) is 0 Å². The van der Waals surface area contributed by atoms with Crippen LogP contribution in [0.5, 0.6) is 0 Å². The van der Waals surface area contributed by atoms with E-state index in [4.69, 9.17) is 0 Å². The lowest BCUT2D eigenvalue weighted by molar-refractivity contribution is -0.129. The summed E-state index contributed by atoms with van der Waals surface area (Å²) >= 11 is 0. The molecule has 0 aliphatic heterocycles. The van der Waals surface area contributed by atoms with Crippen LogP contribution in [0.1, 0.15) is 48.0 Å². The molecule has 0 spiro atoms. The van der Waals surface area contributed by atoms with E-state index >= 15 is 0 Å². The van der Waals surface area contributed by atoms with Gasteiger partial charge < -0.3 is 0 Å². The van der Waals surface area contributed by atoms with Gasteiger partial charge in [-0.3, -0.25) is 4.79 Å². The fourth-order valence-corrected chi connectivity index (χ4v) is 1.90. The Labute approximate surface area is 82.9 Å². The first-order chi connectivity index (χ1) is 5.91. The van der Waals surface area contributed by atoms with Crippen molar-refractivity contribution in [1.29, 1.82) is 0 Å². The van der Waals surface area contributed by atoms with E-state index in [0.29, 0.717) is 17.6 Å². The molecule has 0 aliphatic rings. The van der Waals surface area contributed by atoms with Crippen molar-refractivity contribution in [3.63, 3.8) is 0 Å². The topological polar surface area (TPSA) is 17.1 Å². The van der Waals surface area contributed by atoms with Crippen LogP contribution >= 0.6 is 0 Å². The van der Waals surface area contributed by atoms with Crippen molar-refractivity contribution in [3.05, 3.63) is 0 Å². The van der Waals surface area contributed by atoms with Gasteiger partial charge in [-0.15, -0.1) is 0 Å². The summed E-state index contributed by atoms with van der Waals surface area (Å²) in [6, 6.07) is 0. The number of Topliss-reactive ketones (excluding diaryl/α,β-unsaturated/α-hetero) is 1. The molecule has 0 saturated heterocycles. The van der Waals surface area contributed by atoms with Crippen LogP contribution in [-0.2, 0) is 4.79 Å². The third-order valence-electron chi connectivity index (χ3n) is 2.87. The van der Waals surface area contributed by atoms with Crippen molar-refractivity contribution in [1.82, 2.24) is 0 Å². The maximum absolute atomic E-state index is 11.9. The van der Waals surface area contributed by atoms with Gasteiger partial charge in [0.05, 0.1) is 0 Å². The molecule has 2 unspecified atom stereocenters. The van der Waals surface area contributed by atoms with Crippen LogP contribution in [-0.4, -0.2) is 5.78 Å². The van der Waals surface area contributed by atoms with Crippen LogP contribution in [0.3, 0.4) is 0 Å². The summed E-state index contributed by atoms with van der Waals surface area (Å²) in [5.41, 5.74) is 0. The molecule has 0 aromatic heterocycles. The summed E-state index contributed by atoms with van der Waals surface area (Å²) in [5.74, 6) is 1.87. The molecule has 0 aliphatic carbocycles. The van der Waals surface area contributed by atoms with Crippen molar-refractivity contribution in [2.45, 2.75) is 48.0 Å². The lowest BCUT2D eigenvalue weighted by Crippen LogP contribution is -2.30. The Morgan fingerprint density at radius 2 is 1.54 bits per heavy atom. The first-order valence-electron chi connectivity index (χ1n) is 5.45. The van der Waals surface area contributed by atoms with Gasteiger partial charge >= 0.3 is 0 Å². The number of hydrogen-bond acceptors (Lipinski definition) is 1. The number of carbonyl (C=O) groups is 1. The normalized spacial score (nSPS) is 16.3. The van der Waals surface area contributed by atoms with E-state index in [1.807, 2.05) is 13.8 Å². The Balaban J connectivity index is 4.51. The van der Waals surface area contributed by atoms with Crippen LogP contribution in [0.2, 0.25) is 0 Å². The Morgan fingerprint density at radius 1 is 1.08 bits per heavy atom. The first kappa shape index (κ1) is 12.7. The zero-order chi connectivity index (χ0) is 10.6. The SMILES string of the molecule is CCC(C)C(C(=O)C(C)C)C(C)C. The highest BCUT2D eigenvalue weighted by Crippen LogP contribution is 2.26. The zero-order valence-corrected chi connectivity index (χ0v) is 9.92. The Kier molecular flexibility index (Phi) is 5.27. The molecule has 0 heterocycles. The standard InChI is InChI=1S/C12H24O/c1-7-10(6)11(8(2)3)12(13)9(4)5/h8-11H,7H2,1-6H3. The fourth-order valence-electron chi connectivity index (χ4n) is 1.90. The van der Waals surface area contributed by atoms with Crippen LogP contribution in [0.25, 0.3) is 0 Å². The van der Waals surface area contributed by atoms with Gasteiger partial charge in [-0.1, -0.05) is 48.0 Å². The van der Waals surface area contributed by atoms with Crippen molar-refractivity contribution < 1.29 is 4.79 Å². The van der Waals surface area contributed by atoms with Crippen LogP contribution in [0.4, 0.5) is 0 Å². The number of ketones is 1. The largest absolute Gasteiger partial charge is 0.299 e. The van der Waals surface area contributed by atoms with Gasteiger partial charge in [0.15, 0.2) is 0 Å². The zero-order valence-electron chi connectivity index (χ0n) is 9.92. The van der Waals surface area contributed by atoms with Crippen LogP contribution in [0.15, 0.2) is 0 Å². The molecule has 0 radical (unpaired) electrons. The average Bonchev–Trinajstić information content (AvgIpc) is 2.03. The van der Waals surface area contributed by atoms with E-state index in [1.54, 1.807) is 0 Å². The van der Waals surface area contributed by atoms with Crippen LogP contribution < -0.4 is 0 Å². The molecular weight excluding hydrogens is 160 g/mol. The highest BCUT2D eigenvalue weighted by Gasteiger charge is 2.28. The molecule has 0 aromatic carbocycles. The summed E-state index contributed by atoms with van der Waals surface area (Å²) in [6.45, 7) is 12.6. The molecule has 0 rings (SSSR count). The van der Waals surface area contributed by atoms with Crippen molar-refractivity contribution in [2.24, 2.45) is 23.7 Å². The fraction of sp³-hybridized carbons (Fsp3) is 0.917. The lowest BCUT2D eigenvalue weighted by Gasteiger charge is -2.26. The summed E-state index contributed by atoms with van der Waals surface area (Å²) in [5, 5.41) is 0. The molecule has 2 atom stereocenters. The number of hydrogen-bond donors (Lipinski definition) is 0. The van der Waals surface area contributed by atoms with Gasteiger partial charge in [-0.25, -0.2) is 0 Å². The second-order valence-electron chi connectivity index (χ2n) is 4.71. The van der Waals surface area contributed by atoms with E-state index in [1.165, 1.54) is 0 Å². The second kappa shape index (κ2) is 5.41. The quantitative estimate of drug-likeness (QED) is 0.639. The molecule has 0 aromatic rings. The Hall–Kier alpha value is -0.330. The van der Waals surface area contributed by atoms with E-state index in [2.05, 4.69) is 27.7 Å². The predicted molar refractivity (Wildman–Crippen MR) is 57.6 cm³/mol. The van der Waals surface area contributed by atoms with Gasteiger partial charge in [0, 0.05) is 11.8 Å². The molecule has 0 fully saturated rings. The molecule has 0 bridgehead atoms. The molecule has 1 nitrogen and oxygen atoms in total. The first-order valence-corrected chi connectivity index (χ1v) is 5.45. The van der Waals surface area contributed by atoms with Crippen molar-refractivity contribution in [2.75, 3.05) is 0 Å². The lowest BCUT2D eigenvalue weighted by atomic mass is 9.77. The Morgan fingerprint density at radius 3 is 1.77 bits per heavy atom. The third kappa shape index (κ3) is 3.50. The average molecular weight is 184 g/mol. The summed E-state index contributed by atoms with van der Waals surface area (Å²) in [6.07, 6.45) is 1.10. The predicted octanol–water partition coefficient (Wildman–Crippen LogP) is 3.53. The van der Waals surface area contributed by atoms with E-state index in [-0.39, 0.29) is 11.8 Å². The van der Waals surface area contributed by atoms with Crippen molar-refractivity contribution >= 4 is 5.78 Å². The summed E-state index contributed by atoms with van der Waals surface area (Å²) < 4.78 is 0. The molecule has 1 heteroatoms. The highest BCUT2D eigenvalue weighted by molar-refractivity contribution is 5.83. The minimum atomic E-state index is 0.182. The Bertz CT molecular complexity index is 159. The van der Waals surface area contributed by atoms with E-state index in [9.17, 15) is 4.79 Å². The minimum absolute atomic E-state index is 0.182. The smallest absolute Gasteiger partial charge is 0.139 e. The maximum atomic E-state index is 11.9. The molecular formula is C12H24O. The van der Waals surface area contributed by atoms with Gasteiger partial charge in [0.25, 0.3) is 0 Å². The highest BCUT2D eigenvalue weighted by atomic mass is 16.1. The maximum Gasteiger partial charge on any atom is 0.139 e. The monoisotopic (exact) mass is 184 g/mol. The van der Waals surface area contributed by atoms with Gasteiger partial charge in [0.2, 0.25) is 0 Å². The van der Waals surface area contributed by atoms with Crippen molar-refractivity contribution in [3.8, 4) is 0 Å². The molecule has 0 N–H and O–H groups in total. The molecule has 0 saturated carbocycles. The number of rotatable bonds is 5. The molecule has 78 valence electrons. The summed E-state index contributed by atoms with van der Waals surface area (Å²) in [7, 11) is 0. The minimum Gasteiger partial charge on any atom is -0.299 e. The van der Waals surface area contributed by atoms with E-state index < -0.39 is 0 Å². The van der Waals surface area contributed by atoms with Gasteiger partial charge in [-0.05, 0) is 11.8 Å². The third-order valence-corrected chi connectivity index (χ3v) is 2.87. The van der Waals surface area contributed by atoms with Crippen LogP contribution in [0, 0.1) is 23.7 Å². The number of carbonyl (C=O) groups excluding carboxylic acids is 1. The van der Waals surface area contributed by atoms with Gasteiger partial charge in [0.1, 0.15) is 5.78 Å². The molecule has 13 heavy (non-hydrogen) atoms.